The van der Waals surface area contributed by atoms with Gasteiger partial charge in [0.15, 0.2) is 0 Å². The Labute approximate surface area is 115 Å². The molecule has 1 saturated carbocycles. The molecule has 1 amide bonds. The number of nitrogens with one attached hydrogen (secondary N) is 1. The summed E-state index contributed by atoms with van der Waals surface area (Å²) in [6.45, 7) is 9.00. The van der Waals surface area contributed by atoms with Crippen molar-refractivity contribution in [3.8, 4) is 0 Å². The summed E-state index contributed by atoms with van der Waals surface area (Å²) in [5, 5.41) is 11.9. The first-order valence-corrected chi connectivity index (χ1v) is 7.23. The number of carboxylic acids is 1. The largest absolute Gasteiger partial charge is 0.481 e. The third-order valence-corrected chi connectivity index (χ3v) is 3.97. The molecular weight excluding hydrogens is 244 g/mol. The van der Waals surface area contributed by atoms with Gasteiger partial charge >= 0.3 is 5.97 Å². The van der Waals surface area contributed by atoms with Gasteiger partial charge < -0.3 is 15.3 Å². The Bertz CT molecular complexity index is 316. The van der Waals surface area contributed by atoms with Crippen molar-refractivity contribution < 1.29 is 14.7 Å². The maximum Gasteiger partial charge on any atom is 0.306 e. The van der Waals surface area contributed by atoms with Gasteiger partial charge in [-0.25, -0.2) is 0 Å². The highest BCUT2D eigenvalue weighted by Crippen LogP contribution is 2.31. The van der Waals surface area contributed by atoms with Crippen LogP contribution in [0.15, 0.2) is 0 Å². The zero-order valence-electron chi connectivity index (χ0n) is 12.2. The Morgan fingerprint density at radius 3 is 2.32 bits per heavy atom. The molecule has 0 saturated heterocycles. The first-order valence-electron chi connectivity index (χ1n) is 7.23. The Morgan fingerprint density at radius 1 is 1.26 bits per heavy atom. The molecule has 3 unspecified atom stereocenters. The second-order valence-electron chi connectivity index (χ2n) is 5.44. The van der Waals surface area contributed by atoms with Gasteiger partial charge in [0, 0.05) is 18.5 Å². The molecule has 0 spiro atoms. The normalized spacial score (nSPS) is 24.4. The Morgan fingerprint density at radius 2 is 1.84 bits per heavy atom. The molecule has 0 aliphatic heterocycles. The average Bonchev–Trinajstić information content (AvgIpc) is 2.85. The monoisotopic (exact) mass is 270 g/mol. The lowest BCUT2D eigenvalue weighted by Crippen LogP contribution is -2.43. The molecule has 5 heteroatoms. The first-order chi connectivity index (χ1) is 8.97. The third kappa shape index (κ3) is 4.82. The lowest BCUT2D eigenvalue weighted by molar-refractivity contribution is -0.141. The molecule has 110 valence electrons. The van der Waals surface area contributed by atoms with Gasteiger partial charge in [-0.15, -0.1) is 0 Å². The number of amides is 1. The number of rotatable bonds is 7. The van der Waals surface area contributed by atoms with Crippen molar-refractivity contribution in [3.63, 3.8) is 0 Å². The zero-order valence-corrected chi connectivity index (χ0v) is 12.2. The van der Waals surface area contributed by atoms with Crippen molar-refractivity contribution in [1.29, 1.82) is 0 Å². The fourth-order valence-corrected chi connectivity index (χ4v) is 2.72. The van der Waals surface area contributed by atoms with E-state index in [1.165, 1.54) is 0 Å². The molecule has 0 aromatic heterocycles. The van der Waals surface area contributed by atoms with Crippen LogP contribution in [0.2, 0.25) is 0 Å². The molecule has 19 heavy (non-hydrogen) atoms. The second kappa shape index (κ2) is 7.48. The van der Waals surface area contributed by atoms with Crippen LogP contribution in [-0.2, 0) is 9.59 Å². The van der Waals surface area contributed by atoms with Crippen LogP contribution in [0.5, 0.6) is 0 Å². The number of nitrogens with zero attached hydrogens (tertiary/aromatic N) is 1. The molecule has 3 atom stereocenters. The predicted molar refractivity (Wildman–Crippen MR) is 73.9 cm³/mol. The summed E-state index contributed by atoms with van der Waals surface area (Å²) in [4.78, 5) is 25.2. The van der Waals surface area contributed by atoms with Crippen molar-refractivity contribution >= 4 is 11.9 Å². The molecule has 2 N–H and O–H groups in total. The van der Waals surface area contributed by atoms with Gasteiger partial charge in [0.1, 0.15) is 0 Å². The van der Waals surface area contributed by atoms with Gasteiger partial charge in [0.25, 0.3) is 0 Å². The van der Waals surface area contributed by atoms with Gasteiger partial charge in [-0.05, 0) is 39.3 Å². The second-order valence-corrected chi connectivity index (χ2v) is 5.44. The molecule has 0 heterocycles. The molecule has 1 rings (SSSR count). The van der Waals surface area contributed by atoms with Gasteiger partial charge in [0.05, 0.1) is 5.92 Å². The van der Waals surface area contributed by atoms with E-state index in [1.54, 1.807) is 0 Å². The fraction of sp³-hybridized carbons (Fsp3) is 0.857. The van der Waals surface area contributed by atoms with E-state index in [-0.39, 0.29) is 23.8 Å². The minimum Gasteiger partial charge on any atom is -0.481 e. The van der Waals surface area contributed by atoms with Gasteiger partial charge in [0.2, 0.25) is 5.91 Å². The number of likely N-dealkylation sites (N-methyl/N-ethyl adjacent to an activating group) is 1. The van der Waals surface area contributed by atoms with Crippen molar-refractivity contribution in [2.24, 2.45) is 11.8 Å². The molecular formula is C14H26N2O3. The minimum absolute atomic E-state index is 0.0170. The van der Waals surface area contributed by atoms with E-state index in [0.29, 0.717) is 19.3 Å². The van der Waals surface area contributed by atoms with E-state index in [4.69, 9.17) is 5.11 Å². The summed E-state index contributed by atoms with van der Waals surface area (Å²) in [7, 11) is 0. The summed E-state index contributed by atoms with van der Waals surface area (Å²) in [6.07, 6.45) is 1.80. The van der Waals surface area contributed by atoms with Gasteiger partial charge in [-0.3, -0.25) is 9.59 Å². The quantitative estimate of drug-likeness (QED) is 0.732. The van der Waals surface area contributed by atoms with Crippen molar-refractivity contribution in [1.82, 2.24) is 10.2 Å². The number of hydrogen-bond acceptors (Lipinski definition) is 3. The van der Waals surface area contributed by atoms with Crippen LogP contribution in [-0.4, -0.2) is 47.6 Å². The molecule has 0 aromatic rings. The average molecular weight is 270 g/mol. The number of carbonyl (C=O) groups is 2. The molecule has 5 nitrogen and oxygen atoms in total. The third-order valence-electron chi connectivity index (χ3n) is 3.97. The fourth-order valence-electron chi connectivity index (χ4n) is 2.72. The van der Waals surface area contributed by atoms with Crippen LogP contribution in [0.1, 0.15) is 40.0 Å². The zero-order chi connectivity index (χ0) is 14.4. The lowest BCUT2D eigenvalue weighted by Gasteiger charge is -2.24. The lowest BCUT2D eigenvalue weighted by atomic mass is 10.0. The van der Waals surface area contributed by atoms with Crippen LogP contribution in [0.3, 0.4) is 0 Å². The Kier molecular flexibility index (Phi) is 6.28. The minimum atomic E-state index is -0.772. The highest BCUT2D eigenvalue weighted by molar-refractivity contribution is 5.81. The van der Waals surface area contributed by atoms with Crippen LogP contribution in [0.25, 0.3) is 0 Å². The Hall–Kier alpha value is -1.10. The summed E-state index contributed by atoms with van der Waals surface area (Å²) in [5.41, 5.74) is 0. The standard InChI is InChI=1S/C14H26N2O3/c1-4-16(5-2)9-10(3)15-13(17)11-6-7-12(8-11)14(18)19/h10-12H,4-9H2,1-3H3,(H,15,17)(H,18,19). The number of aliphatic carboxylic acids is 1. The molecule has 1 aliphatic carbocycles. The van der Waals surface area contributed by atoms with E-state index in [2.05, 4.69) is 24.1 Å². The molecule has 1 fully saturated rings. The molecule has 0 radical (unpaired) electrons. The van der Waals surface area contributed by atoms with E-state index in [0.717, 1.165) is 19.6 Å². The van der Waals surface area contributed by atoms with Crippen LogP contribution < -0.4 is 5.32 Å². The van der Waals surface area contributed by atoms with Crippen molar-refractivity contribution in [2.45, 2.75) is 46.1 Å². The van der Waals surface area contributed by atoms with Crippen LogP contribution in [0, 0.1) is 11.8 Å². The summed E-state index contributed by atoms with van der Waals surface area (Å²) in [5.74, 6) is -1.22. The summed E-state index contributed by atoms with van der Waals surface area (Å²) < 4.78 is 0. The van der Waals surface area contributed by atoms with Crippen molar-refractivity contribution in [3.05, 3.63) is 0 Å². The van der Waals surface area contributed by atoms with Gasteiger partial charge in [-0.2, -0.15) is 0 Å². The van der Waals surface area contributed by atoms with Crippen molar-refractivity contribution in [2.75, 3.05) is 19.6 Å². The highest BCUT2D eigenvalue weighted by atomic mass is 16.4. The maximum atomic E-state index is 12.1. The molecule has 0 bridgehead atoms. The van der Waals surface area contributed by atoms with E-state index < -0.39 is 5.97 Å². The van der Waals surface area contributed by atoms with Gasteiger partial charge in [-0.1, -0.05) is 13.8 Å². The topological polar surface area (TPSA) is 69.6 Å². The SMILES string of the molecule is CCN(CC)CC(C)NC(=O)C1CCC(C(=O)O)C1. The predicted octanol–water partition coefficient (Wildman–Crippen LogP) is 1.33. The summed E-state index contributed by atoms with van der Waals surface area (Å²) in [6, 6.07) is 0.108. The maximum absolute atomic E-state index is 12.1. The highest BCUT2D eigenvalue weighted by Gasteiger charge is 2.34. The van der Waals surface area contributed by atoms with Crippen LogP contribution >= 0.6 is 0 Å². The number of hydrogen-bond donors (Lipinski definition) is 2. The molecule has 1 aliphatic rings. The smallest absolute Gasteiger partial charge is 0.306 e. The van der Waals surface area contributed by atoms with E-state index in [9.17, 15) is 9.59 Å². The van der Waals surface area contributed by atoms with E-state index >= 15 is 0 Å². The Balaban J connectivity index is 2.37. The first kappa shape index (κ1) is 16.0. The van der Waals surface area contributed by atoms with E-state index in [1.807, 2.05) is 6.92 Å². The van der Waals surface area contributed by atoms with Crippen LogP contribution in [0.4, 0.5) is 0 Å². The summed E-state index contributed by atoms with van der Waals surface area (Å²) >= 11 is 0. The number of carboxylic acid groups (broad SMARTS) is 1. The molecule has 0 aromatic carbocycles. The number of carbonyl (C=O) groups excluding carboxylic acids is 1.